The Morgan fingerprint density at radius 1 is 1.42 bits per heavy atom. The molecule has 2 N–H and O–H groups in total. The maximum absolute atomic E-state index is 10.3. The van der Waals surface area contributed by atoms with Gasteiger partial charge in [0.15, 0.2) is 0 Å². The first-order valence-electron chi connectivity index (χ1n) is 11.3. The third kappa shape index (κ3) is 7.75. The summed E-state index contributed by atoms with van der Waals surface area (Å²) in [6.07, 6.45) is 3.58. The van der Waals surface area contributed by atoms with Crippen LogP contribution in [0.5, 0.6) is 5.75 Å². The molecule has 2 unspecified atom stereocenters. The first-order chi connectivity index (χ1) is 17.3. The van der Waals surface area contributed by atoms with Crippen molar-refractivity contribution in [3.05, 3.63) is 53.8 Å². The molecule has 0 saturated carbocycles. The standard InChI is InChI=1S/C13H20ClN2OP.C12H14N4O2/c1-9-8-16(5-4-15(9)2)11-7-12(17-3)10(14)6-13(11)18;1-3-14-12(18-2)10(13)9-5-4-6-15-11(9)16-7-8-17/h6-7,9H,4-5,8,18H2,1-3H3;3-6,8,13H,1,7H2,2H3,(H,15,16). The number of carbonyl (C=O) groups excluding carboxylic acids is 1. The van der Waals surface area contributed by atoms with Crippen molar-refractivity contribution >= 4 is 55.5 Å². The normalized spacial score (nSPS) is 15.9. The fourth-order valence-electron chi connectivity index (χ4n) is 3.56. The number of hydrogen-bond acceptors (Lipinski definition) is 9. The van der Waals surface area contributed by atoms with Gasteiger partial charge in [0.2, 0.25) is 5.90 Å². The summed E-state index contributed by atoms with van der Waals surface area (Å²) in [6.45, 7) is 8.97. The van der Waals surface area contributed by atoms with Crippen molar-refractivity contribution < 1.29 is 14.3 Å². The van der Waals surface area contributed by atoms with Crippen molar-refractivity contribution in [1.82, 2.24) is 9.88 Å². The number of hydrogen-bond donors (Lipinski definition) is 2. The van der Waals surface area contributed by atoms with Crippen molar-refractivity contribution in [3.8, 4) is 5.75 Å². The van der Waals surface area contributed by atoms with Gasteiger partial charge in [-0.2, -0.15) is 0 Å². The topological polar surface area (TPSA) is 103 Å². The second-order valence-corrected chi connectivity index (χ2v) is 8.99. The lowest BCUT2D eigenvalue weighted by atomic mass is 10.1. The van der Waals surface area contributed by atoms with Gasteiger partial charge in [-0.25, -0.2) is 9.98 Å². The molecule has 0 aliphatic carbocycles. The smallest absolute Gasteiger partial charge is 0.239 e. The summed E-state index contributed by atoms with van der Waals surface area (Å²) in [4.78, 5) is 23.0. The molecule has 0 bridgehead atoms. The Bertz CT molecular complexity index is 1100. The number of carbonyl (C=O) groups is 1. The van der Waals surface area contributed by atoms with Crippen LogP contribution in [0.3, 0.4) is 0 Å². The van der Waals surface area contributed by atoms with Crippen LogP contribution in [0.1, 0.15) is 12.5 Å². The highest BCUT2D eigenvalue weighted by molar-refractivity contribution is 7.28. The molecule has 1 aliphatic heterocycles. The van der Waals surface area contributed by atoms with Crippen LogP contribution in [-0.4, -0.2) is 81.3 Å². The summed E-state index contributed by atoms with van der Waals surface area (Å²) in [6, 6.07) is 7.92. The zero-order valence-corrected chi connectivity index (χ0v) is 23.0. The van der Waals surface area contributed by atoms with Gasteiger partial charge in [-0.1, -0.05) is 18.2 Å². The highest BCUT2D eigenvalue weighted by atomic mass is 35.5. The zero-order chi connectivity index (χ0) is 26.7. The van der Waals surface area contributed by atoms with Crippen molar-refractivity contribution in [2.24, 2.45) is 4.99 Å². The third-order valence-corrected chi connectivity index (χ3v) is 6.40. The molecule has 1 fully saturated rings. The minimum absolute atomic E-state index is 0.0684. The molecular weight excluding hydrogens is 499 g/mol. The number of aliphatic imine (C=N–C) groups is 1. The van der Waals surface area contributed by atoms with E-state index in [0.717, 1.165) is 37.0 Å². The highest BCUT2D eigenvalue weighted by Gasteiger charge is 2.22. The van der Waals surface area contributed by atoms with E-state index in [4.69, 9.17) is 26.5 Å². The molecule has 1 saturated heterocycles. The predicted octanol–water partition coefficient (Wildman–Crippen LogP) is 3.24. The molecule has 36 heavy (non-hydrogen) atoms. The number of aromatic nitrogens is 1. The maximum atomic E-state index is 10.3. The number of benzene rings is 1. The minimum Gasteiger partial charge on any atom is -0.495 e. The van der Waals surface area contributed by atoms with Gasteiger partial charge in [0.05, 0.1) is 25.8 Å². The fraction of sp³-hybridized carbons (Fsp3) is 0.360. The van der Waals surface area contributed by atoms with Gasteiger partial charge >= 0.3 is 0 Å². The van der Waals surface area contributed by atoms with E-state index in [-0.39, 0.29) is 18.2 Å². The average molecular weight is 533 g/mol. The molecule has 2 atom stereocenters. The van der Waals surface area contributed by atoms with Crippen LogP contribution in [0.25, 0.3) is 0 Å². The van der Waals surface area contributed by atoms with Crippen molar-refractivity contribution in [3.63, 3.8) is 0 Å². The van der Waals surface area contributed by atoms with E-state index in [2.05, 4.69) is 54.9 Å². The molecule has 2 heterocycles. The number of likely N-dealkylation sites (N-methyl/N-ethyl adjacent to an activating group) is 1. The first kappa shape index (κ1) is 29.2. The second kappa shape index (κ2) is 14.5. The van der Waals surface area contributed by atoms with E-state index in [0.29, 0.717) is 22.4 Å². The van der Waals surface area contributed by atoms with Gasteiger partial charge in [-0.3, -0.25) is 5.41 Å². The molecule has 1 aromatic heterocycles. The summed E-state index contributed by atoms with van der Waals surface area (Å²) in [7, 11) is 8.01. The Balaban J connectivity index is 0.000000254. The molecule has 3 rings (SSSR count). The summed E-state index contributed by atoms with van der Waals surface area (Å²) < 4.78 is 10.3. The zero-order valence-electron chi connectivity index (χ0n) is 21.1. The van der Waals surface area contributed by atoms with Gasteiger partial charge in [-0.05, 0) is 37.5 Å². The SMILES string of the molecule is C=CN=C(OC)C(=N)c1cccnc1NCC=O.COc1cc(N2CCN(C)C(C)C2)c(P)cc1Cl. The summed E-state index contributed by atoms with van der Waals surface area (Å²) >= 11 is 6.13. The lowest BCUT2D eigenvalue weighted by Gasteiger charge is -2.39. The van der Waals surface area contributed by atoms with E-state index in [1.54, 1.807) is 25.4 Å². The van der Waals surface area contributed by atoms with Crippen LogP contribution in [0.2, 0.25) is 5.02 Å². The number of nitrogens with one attached hydrogen (secondary N) is 2. The van der Waals surface area contributed by atoms with Crippen molar-refractivity contribution in [2.45, 2.75) is 13.0 Å². The first-order valence-corrected chi connectivity index (χ1v) is 12.3. The molecule has 2 aromatic rings. The number of anilines is 2. The number of methoxy groups -OCH3 is 2. The van der Waals surface area contributed by atoms with E-state index < -0.39 is 0 Å². The largest absolute Gasteiger partial charge is 0.495 e. The Kier molecular flexibility index (Phi) is 11.8. The lowest BCUT2D eigenvalue weighted by molar-refractivity contribution is -0.106. The maximum Gasteiger partial charge on any atom is 0.239 e. The van der Waals surface area contributed by atoms with Gasteiger partial charge in [0.1, 0.15) is 23.6 Å². The van der Waals surface area contributed by atoms with E-state index in [9.17, 15) is 4.79 Å². The van der Waals surface area contributed by atoms with Gasteiger partial charge in [0.25, 0.3) is 0 Å². The average Bonchev–Trinajstić information content (AvgIpc) is 2.88. The Hall–Kier alpha value is -3.00. The Morgan fingerprint density at radius 2 is 2.17 bits per heavy atom. The molecule has 0 radical (unpaired) electrons. The number of halogens is 1. The Morgan fingerprint density at radius 3 is 2.78 bits per heavy atom. The molecule has 11 heteroatoms. The third-order valence-electron chi connectivity index (χ3n) is 5.65. The molecule has 1 aliphatic rings. The number of pyridine rings is 1. The quantitative estimate of drug-likeness (QED) is 0.233. The van der Waals surface area contributed by atoms with E-state index in [1.165, 1.54) is 19.0 Å². The van der Waals surface area contributed by atoms with Crippen LogP contribution < -0.4 is 20.3 Å². The Labute approximate surface area is 220 Å². The fourth-order valence-corrected chi connectivity index (χ4v) is 4.35. The van der Waals surface area contributed by atoms with Crippen LogP contribution in [-0.2, 0) is 9.53 Å². The van der Waals surface area contributed by atoms with Gasteiger partial charge < -0.3 is 29.4 Å². The molecule has 0 spiro atoms. The van der Waals surface area contributed by atoms with Crippen molar-refractivity contribution in [1.29, 1.82) is 5.41 Å². The molecule has 194 valence electrons. The van der Waals surface area contributed by atoms with Crippen LogP contribution >= 0.6 is 20.8 Å². The van der Waals surface area contributed by atoms with E-state index >= 15 is 0 Å². The van der Waals surface area contributed by atoms with Gasteiger partial charge in [-0.15, -0.1) is 9.24 Å². The van der Waals surface area contributed by atoms with E-state index in [1.807, 2.05) is 12.1 Å². The number of rotatable bonds is 8. The van der Waals surface area contributed by atoms with Gasteiger partial charge in [0, 0.05) is 55.4 Å². The van der Waals surface area contributed by atoms with Crippen LogP contribution in [0.4, 0.5) is 11.5 Å². The molecular formula is C25H34ClN6O3P. The summed E-state index contributed by atoms with van der Waals surface area (Å²) in [5, 5.41) is 12.6. The lowest BCUT2D eigenvalue weighted by Crippen LogP contribution is -2.50. The van der Waals surface area contributed by atoms with Crippen LogP contribution in [0, 0.1) is 5.41 Å². The summed E-state index contributed by atoms with van der Waals surface area (Å²) in [5.74, 6) is 1.31. The highest BCUT2D eigenvalue weighted by Crippen LogP contribution is 2.30. The number of ether oxygens (including phenoxy) is 2. The second-order valence-electron chi connectivity index (χ2n) is 7.96. The summed E-state index contributed by atoms with van der Waals surface area (Å²) in [5.41, 5.74) is 1.77. The van der Waals surface area contributed by atoms with Crippen molar-refractivity contribution in [2.75, 3.05) is 57.7 Å². The minimum atomic E-state index is 0.0684. The number of aldehydes is 1. The molecule has 1 aromatic carbocycles. The van der Waals surface area contributed by atoms with Crippen LogP contribution in [0.15, 0.2) is 48.2 Å². The number of piperazine rings is 1. The number of nitrogens with zero attached hydrogens (tertiary/aromatic N) is 4. The molecule has 9 nitrogen and oxygen atoms in total. The molecule has 0 amide bonds. The predicted molar refractivity (Wildman–Crippen MR) is 152 cm³/mol. The monoisotopic (exact) mass is 532 g/mol.